The Labute approximate surface area is 211 Å². The summed E-state index contributed by atoms with van der Waals surface area (Å²) in [6.07, 6.45) is 3.63. The normalized spacial score (nSPS) is 16.2. The molecule has 0 aliphatic rings. The van der Waals surface area contributed by atoms with Crippen LogP contribution in [0.25, 0.3) is 0 Å². The minimum atomic E-state index is -0.810. The largest absolute Gasteiger partial charge is 0.390 e. The van der Waals surface area contributed by atoms with E-state index >= 15 is 0 Å². The molecule has 33 heavy (non-hydrogen) atoms. The molecule has 0 aliphatic carbocycles. The van der Waals surface area contributed by atoms with Crippen molar-refractivity contribution in [1.29, 1.82) is 0 Å². The minimum Gasteiger partial charge on any atom is -0.390 e. The fourth-order valence-electron chi connectivity index (χ4n) is 3.46. The topological polar surface area (TPSA) is 74.6 Å². The number of aliphatic hydroxyl groups is 2. The second-order valence-electron chi connectivity index (χ2n) is 9.56. The van der Waals surface area contributed by atoms with Crippen LogP contribution in [0.3, 0.4) is 0 Å². The van der Waals surface area contributed by atoms with Crippen molar-refractivity contribution in [3.63, 3.8) is 0 Å². The second-order valence-corrected chi connectivity index (χ2v) is 11.1. The van der Waals surface area contributed by atoms with Crippen molar-refractivity contribution in [1.82, 2.24) is 0 Å². The fraction of sp³-hybridized carbons (Fsp3) is 0.778. The molecule has 0 aliphatic heterocycles. The number of allylic oxidation sites excluding steroid dienone is 3. The number of aliphatic hydroxyl groups excluding tert-OH is 2. The molecule has 0 spiro atoms. The monoisotopic (exact) mass is 502 g/mol. The summed E-state index contributed by atoms with van der Waals surface area (Å²) in [5.74, 6) is 0.949. The van der Waals surface area contributed by atoms with E-state index < -0.39 is 12.2 Å². The summed E-state index contributed by atoms with van der Waals surface area (Å²) < 4.78 is 0. The zero-order valence-corrected chi connectivity index (χ0v) is 23.2. The molecule has 0 aromatic rings. The number of carbonyl (C=O) groups is 2. The van der Waals surface area contributed by atoms with Gasteiger partial charge in [0.2, 0.25) is 0 Å². The Morgan fingerprint density at radius 1 is 0.970 bits per heavy atom. The van der Waals surface area contributed by atoms with Gasteiger partial charge < -0.3 is 10.2 Å². The van der Waals surface area contributed by atoms with E-state index in [2.05, 4.69) is 34.3 Å². The summed E-state index contributed by atoms with van der Waals surface area (Å²) >= 11 is 7.26. The molecule has 0 amide bonds. The third-order valence-corrected chi connectivity index (χ3v) is 7.91. The molecule has 0 fully saturated rings. The van der Waals surface area contributed by atoms with E-state index in [4.69, 9.17) is 11.6 Å². The summed E-state index contributed by atoms with van der Waals surface area (Å²) in [6, 6.07) is 0. The summed E-state index contributed by atoms with van der Waals surface area (Å²) in [4.78, 5) is 28.0. The van der Waals surface area contributed by atoms with Crippen LogP contribution in [0, 0.1) is 17.8 Å². The number of ketones is 2. The van der Waals surface area contributed by atoms with Gasteiger partial charge in [0.25, 0.3) is 0 Å². The number of carbonyl (C=O) groups excluding carboxylic acids is 2. The molecule has 4 atom stereocenters. The maximum absolute atomic E-state index is 13.4. The first-order valence-corrected chi connectivity index (χ1v) is 13.9. The number of hydrogen-bond donors (Lipinski definition) is 2. The van der Waals surface area contributed by atoms with Crippen molar-refractivity contribution in [2.75, 3.05) is 5.88 Å². The van der Waals surface area contributed by atoms with Gasteiger partial charge in [0.1, 0.15) is 5.78 Å². The van der Waals surface area contributed by atoms with Gasteiger partial charge in [-0.25, -0.2) is 0 Å². The summed E-state index contributed by atoms with van der Waals surface area (Å²) in [7, 11) is 0. The highest BCUT2D eigenvalue weighted by atomic mass is 35.5. The SMILES string of the molecule is C=C(CCCl)S/C(C(=O)CC(CC[C@H](C)CC)C(=O)CCCC(O)[C@@H](O)CC)=C(\C)C(C)C. The third-order valence-electron chi connectivity index (χ3n) is 6.47. The van der Waals surface area contributed by atoms with E-state index in [0.717, 1.165) is 23.3 Å². The van der Waals surface area contributed by atoms with Gasteiger partial charge in [-0.05, 0) is 55.8 Å². The van der Waals surface area contributed by atoms with E-state index in [0.29, 0.717) is 55.2 Å². The van der Waals surface area contributed by atoms with Gasteiger partial charge in [0.15, 0.2) is 5.78 Å². The van der Waals surface area contributed by atoms with E-state index in [1.54, 1.807) is 0 Å². The second kappa shape index (κ2) is 17.8. The Bertz CT molecular complexity index is 644. The molecule has 0 heterocycles. The highest BCUT2D eigenvalue weighted by Gasteiger charge is 2.26. The van der Waals surface area contributed by atoms with Crippen LogP contribution in [0.5, 0.6) is 0 Å². The Kier molecular flexibility index (Phi) is 17.4. The number of halogens is 1. The lowest BCUT2D eigenvalue weighted by Crippen LogP contribution is -2.25. The lowest BCUT2D eigenvalue weighted by atomic mass is 9.86. The van der Waals surface area contributed by atoms with E-state index in [1.807, 2.05) is 13.8 Å². The van der Waals surface area contributed by atoms with Crippen molar-refractivity contribution in [3.8, 4) is 0 Å². The van der Waals surface area contributed by atoms with Crippen molar-refractivity contribution in [3.05, 3.63) is 22.0 Å². The van der Waals surface area contributed by atoms with Gasteiger partial charge in [-0.3, -0.25) is 9.59 Å². The smallest absolute Gasteiger partial charge is 0.170 e. The molecule has 192 valence electrons. The predicted octanol–water partition coefficient (Wildman–Crippen LogP) is 7.07. The fourth-order valence-corrected chi connectivity index (χ4v) is 4.88. The van der Waals surface area contributed by atoms with Crippen LogP contribution in [-0.2, 0) is 9.59 Å². The third kappa shape index (κ3) is 13.2. The molecular formula is C27H47ClO4S. The average Bonchev–Trinajstić information content (AvgIpc) is 2.78. The summed E-state index contributed by atoms with van der Waals surface area (Å²) in [5.41, 5.74) is 1.02. The maximum Gasteiger partial charge on any atom is 0.170 e. The molecule has 0 radical (unpaired) electrons. The van der Waals surface area contributed by atoms with E-state index in [-0.39, 0.29) is 29.8 Å². The molecule has 0 bridgehead atoms. The van der Waals surface area contributed by atoms with Crippen molar-refractivity contribution in [2.24, 2.45) is 17.8 Å². The van der Waals surface area contributed by atoms with Crippen LogP contribution < -0.4 is 0 Å². The van der Waals surface area contributed by atoms with Crippen LogP contribution in [0.1, 0.15) is 99.3 Å². The summed E-state index contributed by atoms with van der Waals surface area (Å²) in [5, 5.41) is 19.8. The maximum atomic E-state index is 13.4. The molecular weight excluding hydrogens is 456 g/mol. The van der Waals surface area contributed by atoms with E-state index in [1.165, 1.54) is 11.8 Å². The Morgan fingerprint density at radius 2 is 1.61 bits per heavy atom. The van der Waals surface area contributed by atoms with Crippen molar-refractivity contribution < 1.29 is 19.8 Å². The minimum absolute atomic E-state index is 0.00543. The van der Waals surface area contributed by atoms with Crippen molar-refractivity contribution in [2.45, 2.75) is 112 Å². The molecule has 0 aromatic carbocycles. The Balaban J connectivity index is 5.44. The number of alkyl halides is 1. The predicted molar refractivity (Wildman–Crippen MR) is 143 cm³/mol. The molecule has 2 unspecified atom stereocenters. The molecule has 0 saturated carbocycles. The number of hydrogen-bond acceptors (Lipinski definition) is 5. The van der Waals surface area contributed by atoms with Crippen LogP contribution in [0.15, 0.2) is 22.0 Å². The first-order valence-electron chi connectivity index (χ1n) is 12.5. The Hall–Kier alpha value is -0.620. The highest BCUT2D eigenvalue weighted by molar-refractivity contribution is 8.07. The molecule has 6 heteroatoms. The lowest BCUT2D eigenvalue weighted by Gasteiger charge is -2.21. The van der Waals surface area contributed by atoms with Crippen LogP contribution in [-0.4, -0.2) is 39.9 Å². The first kappa shape index (κ1) is 32.4. The molecule has 0 aromatic heterocycles. The standard InChI is InChI=1S/C27H47ClO4S/c1-8-19(5)13-14-22(24(30)11-10-12-25(31)23(29)9-2)17-26(32)27(21(7)18(3)4)33-20(6)15-16-28/h18-19,22-23,25,29,31H,6,8-17H2,1-5,7H3/b27-21+/t19-,22?,23+,25?/m1/s1. The number of rotatable bonds is 19. The first-order chi connectivity index (χ1) is 15.5. The highest BCUT2D eigenvalue weighted by Crippen LogP contribution is 2.35. The molecule has 0 rings (SSSR count). The number of Topliss-reactive ketones (excluding diaryl/α,β-unsaturated/α-hetero) is 2. The van der Waals surface area contributed by atoms with Gasteiger partial charge in [-0.2, -0.15) is 0 Å². The van der Waals surface area contributed by atoms with Gasteiger partial charge in [0, 0.05) is 24.6 Å². The van der Waals surface area contributed by atoms with Crippen LogP contribution in [0.4, 0.5) is 0 Å². The molecule has 0 saturated heterocycles. The van der Waals surface area contributed by atoms with Crippen molar-refractivity contribution >= 4 is 34.9 Å². The number of thioether (sulfide) groups is 1. The summed E-state index contributed by atoms with van der Waals surface area (Å²) in [6.45, 7) is 16.3. The van der Waals surface area contributed by atoms with Gasteiger partial charge in [-0.15, -0.1) is 11.6 Å². The molecule has 4 nitrogen and oxygen atoms in total. The zero-order chi connectivity index (χ0) is 25.6. The lowest BCUT2D eigenvalue weighted by molar-refractivity contribution is -0.127. The van der Waals surface area contributed by atoms with Gasteiger partial charge in [0.05, 0.1) is 17.1 Å². The Morgan fingerprint density at radius 3 is 2.12 bits per heavy atom. The van der Waals surface area contributed by atoms with Crippen LogP contribution in [0.2, 0.25) is 0 Å². The van der Waals surface area contributed by atoms with Crippen LogP contribution >= 0.6 is 23.4 Å². The molecule has 2 N–H and O–H groups in total. The van der Waals surface area contributed by atoms with Gasteiger partial charge in [-0.1, -0.05) is 71.4 Å². The quantitative estimate of drug-likeness (QED) is 0.146. The van der Waals surface area contributed by atoms with E-state index in [9.17, 15) is 19.8 Å². The zero-order valence-electron chi connectivity index (χ0n) is 21.7. The average molecular weight is 503 g/mol. The van der Waals surface area contributed by atoms with Gasteiger partial charge >= 0.3 is 0 Å².